The number of amides is 2. The highest BCUT2D eigenvalue weighted by atomic mass is 35.5. The number of carbonyl (C=O) groups excluding carboxylic acids is 2. The van der Waals surface area contributed by atoms with Gasteiger partial charge in [-0.1, -0.05) is 29.3 Å². The molecule has 0 saturated heterocycles. The van der Waals surface area contributed by atoms with Crippen molar-refractivity contribution in [3.63, 3.8) is 0 Å². The third kappa shape index (κ3) is 5.65. The lowest BCUT2D eigenvalue weighted by atomic mass is 10.0. The van der Waals surface area contributed by atoms with Crippen molar-refractivity contribution >= 4 is 69.6 Å². The van der Waals surface area contributed by atoms with Crippen LogP contribution in [0.2, 0.25) is 10.0 Å². The van der Waals surface area contributed by atoms with Crippen LogP contribution in [-0.2, 0) is 11.0 Å². The molecule has 4 nitrogen and oxygen atoms in total. The van der Waals surface area contributed by atoms with E-state index in [4.69, 9.17) is 46.4 Å². The summed E-state index contributed by atoms with van der Waals surface area (Å²) in [7, 11) is 0. The van der Waals surface area contributed by atoms with E-state index in [2.05, 4.69) is 10.6 Å². The Bertz CT molecular complexity index is 1390. The Balaban J connectivity index is 1.54. The summed E-state index contributed by atoms with van der Waals surface area (Å²) in [4.78, 5) is 25.5. The lowest BCUT2D eigenvalue weighted by Crippen LogP contribution is -2.19. The van der Waals surface area contributed by atoms with Crippen LogP contribution < -0.4 is 10.6 Å². The van der Waals surface area contributed by atoms with Crippen molar-refractivity contribution in [1.82, 2.24) is 0 Å². The maximum absolute atomic E-state index is 13.9. The van der Waals surface area contributed by atoms with Gasteiger partial charge in [0.2, 0.25) is 5.91 Å². The van der Waals surface area contributed by atoms with Gasteiger partial charge in [-0.15, -0.1) is 23.2 Å². The maximum atomic E-state index is 13.9. The number of anilines is 2. The first-order chi connectivity index (χ1) is 17.2. The van der Waals surface area contributed by atoms with Crippen molar-refractivity contribution in [2.45, 2.75) is 16.4 Å². The molecule has 0 aliphatic heterocycles. The maximum Gasteiger partial charge on any atom is 0.416 e. The van der Waals surface area contributed by atoms with E-state index in [1.54, 1.807) is 0 Å². The zero-order chi connectivity index (χ0) is 27.3. The van der Waals surface area contributed by atoms with Gasteiger partial charge < -0.3 is 10.6 Å². The van der Waals surface area contributed by atoms with Crippen LogP contribution >= 0.6 is 46.4 Å². The zero-order valence-corrected chi connectivity index (χ0v) is 21.1. The van der Waals surface area contributed by atoms with E-state index in [1.165, 1.54) is 18.2 Å². The van der Waals surface area contributed by atoms with Crippen LogP contribution in [0.4, 0.5) is 33.3 Å². The number of hydrogen-bond donors (Lipinski definition) is 2. The highest BCUT2D eigenvalue weighted by Gasteiger charge is 2.67. The summed E-state index contributed by atoms with van der Waals surface area (Å²) in [5.74, 6) is -5.90. The highest BCUT2D eigenvalue weighted by Crippen LogP contribution is 2.65. The number of nitrogens with one attached hydrogen (secondary N) is 2. The molecule has 4 rings (SSSR count). The van der Waals surface area contributed by atoms with Gasteiger partial charge in [-0.3, -0.25) is 9.59 Å². The van der Waals surface area contributed by atoms with Crippen LogP contribution in [0.15, 0.2) is 54.6 Å². The third-order valence-electron chi connectivity index (χ3n) is 5.62. The first-order valence-electron chi connectivity index (χ1n) is 10.3. The highest BCUT2D eigenvalue weighted by molar-refractivity contribution is 6.53. The Morgan fingerprint density at radius 3 is 2.16 bits per heavy atom. The average Bonchev–Trinajstić information content (AvgIpc) is 3.38. The topological polar surface area (TPSA) is 58.2 Å². The zero-order valence-electron chi connectivity index (χ0n) is 18.1. The summed E-state index contributed by atoms with van der Waals surface area (Å²) in [5.41, 5.74) is -1.86. The molecule has 2 atom stereocenters. The first-order valence-corrected chi connectivity index (χ1v) is 11.8. The lowest BCUT2D eigenvalue weighted by Gasteiger charge is -2.11. The van der Waals surface area contributed by atoms with Crippen molar-refractivity contribution in [2.24, 2.45) is 5.92 Å². The minimum atomic E-state index is -4.68. The van der Waals surface area contributed by atoms with Crippen molar-refractivity contribution in [3.05, 3.63) is 93.0 Å². The van der Waals surface area contributed by atoms with Crippen LogP contribution in [0.1, 0.15) is 27.4 Å². The van der Waals surface area contributed by atoms with Crippen molar-refractivity contribution in [2.75, 3.05) is 10.6 Å². The number of benzene rings is 3. The monoisotopic (exact) mass is 596 g/mol. The molecule has 0 bridgehead atoms. The molecule has 1 saturated carbocycles. The van der Waals surface area contributed by atoms with E-state index in [1.807, 2.05) is 0 Å². The van der Waals surface area contributed by atoms with Crippen molar-refractivity contribution < 1.29 is 31.5 Å². The molecular weight excluding hydrogens is 585 g/mol. The minimum absolute atomic E-state index is 0.0214. The molecule has 37 heavy (non-hydrogen) atoms. The second-order valence-corrected chi connectivity index (χ2v) is 10.4. The second kappa shape index (κ2) is 9.94. The molecule has 1 aliphatic carbocycles. The number of alkyl halides is 5. The molecule has 2 N–H and O–H groups in total. The van der Waals surface area contributed by atoms with Gasteiger partial charge in [0.25, 0.3) is 5.91 Å². The fourth-order valence-corrected chi connectivity index (χ4v) is 5.09. The van der Waals surface area contributed by atoms with E-state index in [9.17, 15) is 31.5 Å². The van der Waals surface area contributed by atoms with E-state index in [0.717, 1.165) is 36.4 Å². The van der Waals surface area contributed by atoms with Crippen LogP contribution in [0, 0.1) is 17.6 Å². The molecule has 2 amide bonds. The first kappa shape index (κ1) is 27.4. The third-order valence-corrected chi connectivity index (χ3v) is 7.11. The van der Waals surface area contributed by atoms with Crippen LogP contribution in [0.25, 0.3) is 0 Å². The van der Waals surface area contributed by atoms with Gasteiger partial charge in [-0.05, 0) is 54.1 Å². The smallest absolute Gasteiger partial charge is 0.326 e. The van der Waals surface area contributed by atoms with E-state index in [-0.39, 0.29) is 26.9 Å². The Morgan fingerprint density at radius 2 is 1.54 bits per heavy atom. The largest absolute Gasteiger partial charge is 0.416 e. The van der Waals surface area contributed by atoms with Gasteiger partial charge in [0.1, 0.15) is 21.7 Å². The van der Waals surface area contributed by atoms with Gasteiger partial charge >= 0.3 is 6.18 Å². The van der Waals surface area contributed by atoms with Crippen molar-refractivity contribution in [1.29, 1.82) is 0 Å². The predicted molar refractivity (Wildman–Crippen MR) is 132 cm³/mol. The SMILES string of the molecule is O=C(Nc1c(F)cccc1F)c1cc(NC(=O)C2C(c3cc(Cl)cc(C(F)(F)F)c3)C2(Cl)Cl)ccc1Cl. The van der Waals surface area contributed by atoms with E-state index < -0.39 is 57.0 Å². The fraction of sp³-hybridized carbons (Fsp3) is 0.167. The quantitative estimate of drug-likeness (QED) is 0.231. The summed E-state index contributed by atoms with van der Waals surface area (Å²) < 4.78 is 65.7. The van der Waals surface area contributed by atoms with Crippen LogP contribution in [0.5, 0.6) is 0 Å². The van der Waals surface area contributed by atoms with Gasteiger partial charge in [-0.25, -0.2) is 8.78 Å². The van der Waals surface area contributed by atoms with Gasteiger partial charge in [0, 0.05) is 16.6 Å². The summed E-state index contributed by atoms with van der Waals surface area (Å²) in [5, 5.41) is 4.27. The number of halogens is 9. The molecule has 1 fully saturated rings. The molecular formula is C24H13Cl4F5N2O2. The molecule has 2 unspecified atom stereocenters. The Hall–Kier alpha value is -2.59. The normalized spacial score (nSPS) is 18.3. The molecule has 194 valence electrons. The van der Waals surface area contributed by atoms with Crippen molar-refractivity contribution in [3.8, 4) is 0 Å². The minimum Gasteiger partial charge on any atom is -0.326 e. The molecule has 0 radical (unpaired) electrons. The molecule has 3 aromatic rings. The van der Waals surface area contributed by atoms with Crippen LogP contribution in [0.3, 0.4) is 0 Å². The second-order valence-electron chi connectivity index (χ2n) is 8.14. The van der Waals surface area contributed by atoms with E-state index >= 15 is 0 Å². The van der Waals surface area contributed by atoms with Gasteiger partial charge in [-0.2, -0.15) is 13.2 Å². The molecule has 0 spiro atoms. The number of rotatable bonds is 5. The van der Waals surface area contributed by atoms with E-state index in [0.29, 0.717) is 0 Å². The predicted octanol–water partition coefficient (Wildman–Crippen LogP) is 8.07. The van der Waals surface area contributed by atoms with Crippen LogP contribution in [-0.4, -0.2) is 16.1 Å². The molecule has 0 heterocycles. The van der Waals surface area contributed by atoms with Gasteiger partial charge in [0.05, 0.1) is 22.1 Å². The lowest BCUT2D eigenvalue weighted by molar-refractivity contribution is -0.137. The molecule has 0 aromatic heterocycles. The van der Waals surface area contributed by atoms with Gasteiger partial charge in [0.15, 0.2) is 0 Å². The fourth-order valence-electron chi connectivity index (χ4n) is 3.82. The number of carbonyl (C=O) groups is 2. The Kier molecular flexibility index (Phi) is 7.38. The Labute approximate surface area is 226 Å². The molecule has 3 aromatic carbocycles. The summed E-state index contributed by atoms with van der Waals surface area (Å²) in [6, 6.07) is 9.55. The average molecular weight is 598 g/mol. The summed E-state index contributed by atoms with van der Waals surface area (Å²) in [6.07, 6.45) is -4.68. The Morgan fingerprint density at radius 1 is 0.892 bits per heavy atom. The molecule has 13 heteroatoms. The number of para-hydroxylation sites is 1. The number of hydrogen-bond acceptors (Lipinski definition) is 2. The standard InChI is InChI=1S/C24H13Cl4F5N2O2/c25-12-7-10(6-11(8-12)24(31,32)33)18-19(23(18,27)28)22(37)34-13-4-5-15(26)14(9-13)21(36)35-20-16(29)2-1-3-17(20)30/h1-9,18-19H,(H,34,37)(H,35,36). The summed E-state index contributed by atoms with van der Waals surface area (Å²) in [6.45, 7) is 0. The molecule has 1 aliphatic rings. The summed E-state index contributed by atoms with van der Waals surface area (Å²) >= 11 is 24.4.